The Morgan fingerprint density at radius 1 is 0.950 bits per heavy atom. The van der Waals surface area contributed by atoms with Crippen molar-refractivity contribution >= 4 is 23.4 Å². The molecule has 0 radical (unpaired) electrons. The van der Waals surface area contributed by atoms with Crippen LogP contribution in [0.4, 0.5) is 16.2 Å². The summed E-state index contributed by atoms with van der Waals surface area (Å²) in [6.45, 7) is 1.96. The fourth-order valence-corrected chi connectivity index (χ4v) is 1.66. The quantitative estimate of drug-likeness (QED) is 0.800. The number of anilines is 2. The summed E-state index contributed by atoms with van der Waals surface area (Å²) in [4.78, 5) is 22.6. The van der Waals surface area contributed by atoms with Crippen LogP contribution in [0.3, 0.4) is 0 Å². The van der Waals surface area contributed by atoms with Crippen molar-refractivity contribution in [2.45, 2.75) is 6.92 Å². The molecule has 0 heterocycles. The average molecular weight is 270 g/mol. The standard InChI is InChI=1S/C15H14N2O3/c1-10-5-7-12(8-6-10)16-15(20)17-13-4-2-3-11(9-13)14(18)19/h2-9H,1H3,(H,18,19)(H2,16,17,20). The van der Waals surface area contributed by atoms with Gasteiger partial charge in [0.1, 0.15) is 0 Å². The second kappa shape index (κ2) is 5.88. The Balaban J connectivity index is 2.02. The topological polar surface area (TPSA) is 78.4 Å². The predicted molar refractivity (Wildman–Crippen MR) is 77.2 cm³/mol. The molecule has 5 nitrogen and oxygen atoms in total. The highest BCUT2D eigenvalue weighted by Gasteiger charge is 2.06. The molecule has 3 N–H and O–H groups in total. The maximum Gasteiger partial charge on any atom is 0.335 e. The first-order valence-electron chi connectivity index (χ1n) is 6.02. The molecule has 0 bridgehead atoms. The number of hydrogen-bond donors (Lipinski definition) is 3. The lowest BCUT2D eigenvalue weighted by molar-refractivity contribution is 0.0697. The first kappa shape index (κ1) is 13.6. The van der Waals surface area contributed by atoms with Crippen LogP contribution in [0.5, 0.6) is 0 Å². The van der Waals surface area contributed by atoms with E-state index in [1.165, 1.54) is 12.1 Å². The summed E-state index contributed by atoms with van der Waals surface area (Å²) in [5.41, 5.74) is 2.32. The SMILES string of the molecule is Cc1ccc(NC(=O)Nc2cccc(C(=O)O)c2)cc1. The molecule has 0 spiro atoms. The van der Waals surface area contributed by atoms with Crippen LogP contribution in [0.15, 0.2) is 48.5 Å². The Morgan fingerprint density at radius 2 is 1.60 bits per heavy atom. The van der Waals surface area contributed by atoms with Crippen molar-refractivity contribution in [1.82, 2.24) is 0 Å². The van der Waals surface area contributed by atoms with Gasteiger partial charge in [-0.1, -0.05) is 23.8 Å². The van der Waals surface area contributed by atoms with Crippen molar-refractivity contribution in [1.29, 1.82) is 0 Å². The summed E-state index contributed by atoms with van der Waals surface area (Å²) in [5.74, 6) is -1.03. The highest BCUT2D eigenvalue weighted by Crippen LogP contribution is 2.12. The molecule has 0 atom stereocenters. The molecule has 20 heavy (non-hydrogen) atoms. The van der Waals surface area contributed by atoms with Crippen molar-refractivity contribution in [2.24, 2.45) is 0 Å². The van der Waals surface area contributed by atoms with Gasteiger partial charge in [-0.25, -0.2) is 9.59 Å². The molecule has 5 heteroatoms. The summed E-state index contributed by atoms with van der Waals surface area (Å²) in [7, 11) is 0. The number of hydrogen-bond acceptors (Lipinski definition) is 2. The Morgan fingerprint density at radius 3 is 2.25 bits per heavy atom. The van der Waals surface area contributed by atoms with Crippen molar-refractivity contribution in [3.63, 3.8) is 0 Å². The number of nitrogens with one attached hydrogen (secondary N) is 2. The molecule has 0 saturated carbocycles. The monoisotopic (exact) mass is 270 g/mol. The molecule has 2 amide bonds. The molecule has 102 valence electrons. The number of carboxylic acid groups (broad SMARTS) is 1. The second-order valence-corrected chi connectivity index (χ2v) is 4.33. The van der Waals surface area contributed by atoms with Crippen molar-refractivity contribution < 1.29 is 14.7 Å². The maximum atomic E-state index is 11.8. The van der Waals surface area contributed by atoms with Gasteiger partial charge in [-0.3, -0.25) is 0 Å². The minimum Gasteiger partial charge on any atom is -0.478 e. The zero-order valence-corrected chi connectivity index (χ0v) is 10.9. The van der Waals surface area contributed by atoms with Crippen LogP contribution in [0.25, 0.3) is 0 Å². The molecule has 0 aliphatic rings. The van der Waals surface area contributed by atoms with Crippen LogP contribution in [-0.4, -0.2) is 17.1 Å². The summed E-state index contributed by atoms with van der Waals surface area (Å²) >= 11 is 0. The van der Waals surface area contributed by atoms with Crippen molar-refractivity contribution in [3.8, 4) is 0 Å². The number of carboxylic acids is 1. The molecular formula is C15H14N2O3. The van der Waals surface area contributed by atoms with Gasteiger partial charge < -0.3 is 15.7 Å². The normalized spacial score (nSPS) is 9.85. The molecule has 0 fully saturated rings. The van der Waals surface area contributed by atoms with Gasteiger partial charge in [0.2, 0.25) is 0 Å². The third kappa shape index (κ3) is 3.58. The smallest absolute Gasteiger partial charge is 0.335 e. The summed E-state index contributed by atoms with van der Waals surface area (Å²) in [5, 5.41) is 14.1. The number of carbonyl (C=O) groups excluding carboxylic acids is 1. The molecule has 2 aromatic rings. The first-order chi connectivity index (χ1) is 9.54. The van der Waals surface area contributed by atoms with E-state index >= 15 is 0 Å². The van der Waals surface area contributed by atoms with E-state index in [4.69, 9.17) is 5.11 Å². The Kier molecular flexibility index (Phi) is 4.00. The largest absolute Gasteiger partial charge is 0.478 e. The molecule has 0 aliphatic carbocycles. The summed E-state index contributed by atoms with van der Waals surface area (Å²) in [6, 6.07) is 13.0. The predicted octanol–water partition coefficient (Wildman–Crippen LogP) is 3.34. The number of urea groups is 1. The van der Waals surface area contributed by atoms with E-state index in [2.05, 4.69) is 10.6 Å². The third-order valence-electron chi connectivity index (χ3n) is 2.68. The number of amides is 2. The zero-order valence-electron chi connectivity index (χ0n) is 10.9. The molecule has 0 aliphatic heterocycles. The van der Waals surface area contributed by atoms with Crippen LogP contribution in [-0.2, 0) is 0 Å². The summed E-state index contributed by atoms with van der Waals surface area (Å²) in [6.07, 6.45) is 0. The Hall–Kier alpha value is -2.82. The van der Waals surface area contributed by atoms with E-state index < -0.39 is 12.0 Å². The zero-order chi connectivity index (χ0) is 14.5. The van der Waals surface area contributed by atoms with Crippen molar-refractivity contribution in [3.05, 3.63) is 59.7 Å². The van der Waals surface area contributed by atoms with E-state index in [0.717, 1.165) is 5.56 Å². The number of benzene rings is 2. The lowest BCUT2D eigenvalue weighted by Gasteiger charge is -2.08. The number of carbonyl (C=O) groups is 2. The van der Waals surface area contributed by atoms with Crippen molar-refractivity contribution in [2.75, 3.05) is 10.6 Å². The van der Waals surface area contributed by atoms with Crippen LogP contribution < -0.4 is 10.6 Å². The van der Waals surface area contributed by atoms with Gasteiger partial charge in [0.15, 0.2) is 0 Å². The Labute approximate surface area is 116 Å². The van der Waals surface area contributed by atoms with Gasteiger partial charge in [-0.15, -0.1) is 0 Å². The van der Waals surface area contributed by atoms with E-state index in [0.29, 0.717) is 11.4 Å². The molecule has 2 rings (SSSR count). The minimum absolute atomic E-state index is 0.123. The van der Waals surface area contributed by atoms with E-state index in [1.807, 2.05) is 19.1 Å². The molecule has 2 aromatic carbocycles. The average Bonchev–Trinajstić information content (AvgIpc) is 2.41. The van der Waals surface area contributed by atoms with Crippen LogP contribution in [0.2, 0.25) is 0 Å². The maximum absolute atomic E-state index is 11.8. The van der Waals surface area contributed by atoms with Gasteiger partial charge in [0.25, 0.3) is 0 Å². The van der Waals surface area contributed by atoms with Gasteiger partial charge in [-0.2, -0.15) is 0 Å². The fourth-order valence-electron chi connectivity index (χ4n) is 1.66. The highest BCUT2D eigenvalue weighted by atomic mass is 16.4. The van der Waals surface area contributed by atoms with E-state index in [9.17, 15) is 9.59 Å². The number of aromatic carboxylic acids is 1. The van der Waals surface area contributed by atoms with E-state index in [-0.39, 0.29) is 5.56 Å². The van der Waals surface area contributed by atoms with Gasteiger partial charge in [0.05, 0.1) is 5.56 Å². The van der Waals surface area contributed by atoms with Crippen LogP contribution in [0, 0.1) is 6.92 Å². The first-order valence-corrected chi connectivity index (χ1v) is 6.02. The number of rotatable bonds is 3. The molecular weight excluding hydrogens is 256 g/mol. The molecule has 0 saturated heterocycles. The lowest BCUT2D eigenvalue weighted by atomic mass is 10.2. The minimum atomic E-state index is -1.03. The van der Waals surface area contributed by atoms with Crippen LogP contribution >= 0.6 is 0 Å². The second-order valence-electron chi connectivity index (χ2n) is 4.33. The van der Waals surface area contributed by atoms with Gasteiger partial charge >= 0.3 is 12.0 Å². The Bertz CT molecular complexity index is 636. The highest BCUT2D eigenvalue weighted by molar-refractivity contribution is 6.00. The van der Waals surface area contributed by atoms with Gasteiger partial charge in [0, 0.05) is 11.4 Å². The molecule has 0 unspecified atom stereocenters. The lowest BCUT2D eigenvalue weighted by Crippen LogP contribution is -2.19. The van der Waals surface area contributed by atoms with Crippen LogP contribution in [0.1, 0.15) is 15.9 Å². The van der Waals surface area contributed by atoms with Gasteiger partial charge in [-0.05, 0) is 37.3 Å². The molecule has 0 aromatic heterocycles. The number of aryl methyl sites for hydroxylation is 1. The summed E-state index contributed by atoms with van der Waals surface area (Å²) < 4.78 is 0. The van der Waals surface area contributed by atoms with E-state index in [1.54, 1.807) is 24.3 Å². The third-order valence-corrected chi connectivity index (χ3v) is 2.68. The fraction of sp³-hybridized carbons (Fsp3) is 0.0667.